The zero-order valence-corrected chi connectivity index (χ0v) is 20.1. The lowest BCUT2D eigenvalue weighted by atomic mass is 10.1. The van der Waals surface area contributed by atoms with Crippen LogP contribution in [0.5, 0.6) is 5.75 Å². The fourth-order valence-corrected chi connectivity index (χ4v) is 2.87. The SMILES string of the molecule is C#C.CCN(Cc1ccc(OCCC(N)=NCCc2ccccc2)cc1)C(=O)OCC(C)C. The number of hydrogen-bond donors (Lipinski definition) is 1. The van der Waals surface area contributed by atoms with E-state index in [1.807, 2.05) is 63.2 Å². The Labute approximate surface area is 198 Å². The highest BCUT2D eigenvalue weighted by molar-refractivity contribution is 5.80. The molecule has 0 aliphatic rings. The van der Waals surface area contributed by atoms with Crippen LogP contribution in [0.25, 0.3) is 0 Å². The smallest absolute Gasteiger partial charge is 0.410 e. The van der Waals surface area contributed by atoms with Gasteiger partial charge in [-0.1, -0.05) is 56.3 Å². The Hall–Kier alpha value is -3.46. The van der Waals surface area contributed by atoms with E-state index in [0.29, 0.717) is 51.0 Å². The van der Waals surface area contributed by atoms with Crippen molar-refractivity contribution in [3.63, 3.8) is 0 Å². The van der Waals surface area contributed by atoms with Crippen LogP contribution in [0.2, 0.25) is 0 Å². The lowest BCUT2D eigenvalue weighted by Gasteiger charge is -2.21. The number of carbonyl (C=O) groups is 1. The molecule has 2 rings (SSSR count). The number of nitrogens with two attached hydrogens (primary N) is 1. The molecule has 0 aromatic heterocycles. The van der Waals surface area contributed by atoms with E-state index >= 15 is 0 Å². The van der Waals surface area contributed by atoms with Crippen LogP contribution in [0.4, 0.5) is 4.79 Å². The molecule has 0 unspecified atom stereocenters. The number of rotatable bonds is 12. The maximum Gasteiger partial charge on any atom is 0.410 e. The number of ether oxygens (including phenoxy) is 2. The van der Waals surface area contributed by atoms with Gasteiger partial charge in [-0.05, 0) is 42.5 Å². The maximum atomic E-state index is 12.2. The molecule has 0 radical (unpaired) electrons. The molecule has 0 heterocycles. The number of amidine groups is 1. The van der Waals surface area contributed by atoms with Crippen molar-refractivity contribution in [1.82, 2.24) is 4.90 Å². The van der Waals surface area contributed by atoms with Gasteiger partial charge in [-0.2, -0.15) is 0 Å². The second-order valence-corrected chi connectivity index (χ2v) is 7.84. The van der Waals surface area contributed by atoms with Gasteiger partial charge in [0.1, 0.15) is 5.75 Å². The van der Waals surface area contributed by atoms with Crippen LogP contribution in [0.3, 0.4) is 0 Å². The third-order valence-electron chi connectivity index (χ3n) is 4.66. The third-order valence-corrected chi connectivity index (χ3v) is 4.66. The molecule has 2 N–H and O–H groups in total. The Balaban J connectivity index is 0.00000265. The van der Waals surface area contributed by atoms with Gasteiger partial charge in [0.25, 0.3) is 0 Å². The number of amides is 1. The lowest BCUT2D eigenvalue weighted by Crippen LogP contribution is -2.31. The summed E-state index contributed by atoms with van der Waals surface area (Å²) < 4.78 is 11.1. The van der Waals surface area contributed by atoms with Crippen LogP contribution in [-0.4, -0.2) is 43.1 Å². The summed E-state index contributed by atoms with van der Waals surface area (Å²) in [6.45, 7) is 8.67. The van der Waals surface area contributed by atoms with Crippen LogP contribution < -0.4 is 10.5 Å². The maximum absolute atomic E-state index is 12.2. The molecule has 0 fully saturated rings. The molecule has 6 heteroatoms. The monoisotopic (exact) mass is 451 g/mol. The summed E-state index contributed by atoms with van der Waals surface area (Å²) in [6.07, 6.45) is 9.18. The van der Waals surface area contributed by atoms with Gasteiger partial charge in [0.05, 0.1) is 19.0 Å². The van der Waals surface area contributed by atoms with Gasteiger partial charge >= 0.3 is 6.09 Å². The molecule has 6 nitrogen and oxygen atoms in total. The van der Waals surface area contributed by atoms with Crippen LogP contribution in [0, 0.1) is 18.8 Å². The van der Waals surface area contributed by atoms with E-state index in [2.05, 4.69) is 30.0 Å². The zero-order valence-electron chi connectivity index (χ0n) is 20.1. The number of aliphatic imine (C=N–C) groups is 1. The number of hydrogen-bond acceptors (Lipinski definition) is 4. The minimum absolute atomic E-state index is 0.279. The molecule has 2 aromatic carbocycles. The van der Waals surface area contributed by atoms with Gasteiger partial charge in [0.15, 0.2) is 0 Å². The number of benzene rings is 2. The van der Waals surface area contributed by atoms with E-state index in [1.165, 1.54) is 5.56 Å². The van der Waals surface area contributed by atoms with Crippen LogP contribution >= 0.6 is 0 Å². The van der Waals surface area contributed by atoms with Crippen molar-refractivity contribution in [2.45, 2.75) is 40.2 Å². The van der Waals surface area contributed by atoms with E-state index < -0.39 is 0 Å². The summed E-state index contributed by atoms with van der Waals surface area (Å²) in [5, 5.41) is 0. The molecular weight excluding hydrogens is 414 g/mol. The Morgan fingerprint density at radius 3 is 2.33 bits per heavy atom. The van der Waals surface area contributed by atoms with Gasteiger partial charge in [-0.3, -0.25) is 4.99 Å². The van der Waals surface area contributed by atoms with Gasteiger partial charge < -0.3 is 20.1 Å². The summed E-state index contributed by atoms with van der Waals surface area (Å²) in [5.41, 5.74) is 8.27. The van der Waals surface area contributed by atoms with Crippen LogP contribution in [-0.2, 0) is 17.7 Å². The largest absolute Gasteiger partial charge is 0.493 e. The fourth-order valence-electron chi connectivity index (χ4n) is 2.87. The summed E-state index contributed by atoms with van der Waals surface area (Å²) in [6, 6.07) is 18.0. The van der Waals surface area contributed by atoms with E-state index in [0.717, 1.165) is 17.7 Å². The average molecular weight is 452 g/mol. The van der Waals surface area contributed by atoms with E-state index in [-0.39, 0.29) is 6.09 Å². The lowest BCUT2D eigenvalue weighted by molar-refractivity contribution is 0.0915. The topological polar surface area (TPSA) is 77.2 Å². The molecule has 2 aromatic rings. The molecule has 0 spiro atoms. The highest BCUT2D eigenvalue weighted by atomic mass is 16.6. The number of terminal acetylenes is 1. The molecule has 0 atom stereocenters. The summed E-state index contributed by atoms with van der Waals surface area (Å²) in [5.74, 6) is 1.69. The first-order valence-corrected chi connectivity index (χ1v) is 11.3. The molecule has 0 bridgehead atoms. The van der Waals surface area contributed by atoms with Gasteiger partial charge in [0, 0.05) is 26.1 Å². The predicted molar refractivity (Wildman–Crippen MR) is 135 cm³/mol. The molecule has 178 valence electrons. The summed E-state index contributed by atoms with van der Waals surface area (Å²) in [7, 11) is 0. The first-order valence-electron chi connectivity index (χ1n) is 11.3. The Morgan fingerprint density at radius 1 is 1.06 bits per heavy atom. The Bertz CT molecular complexity index is 846. The van der Waals surface area contributed by atoms with E-state index in [1.54, 1.807) is 4.90 Å². The van der Waals surface area contributed by atoms with Crippen molar-refractivity contribution in [3.05, 3.63) is 65.7 Å². The second kappa shape index (κ2) is 16.2. The van der Waals surface area contributed by atoms with E-state index in [4.69, 9.17) is 15.2 Å². The standard InChI is InChI=1S/C25H35N3O3.C2H2/c1-4-28(25(29)31-19-20(2)3)18-22-10-12-23(13-11-22)30-17-15-24(26)27-16-14-21-8-6-5-7-9-21;1-2/h5-13,20H,4,14-19H2,1-3H3,(H2,26,27);1-2H. The van der Waals surface area contributed by atoms with Crippen molar-refractivity contribution in [3.8, 4) is 18.6 Å². The number of nitrogens with zero attached hydrogens (tertiary/aromatic N) is 2. The minimum Gasteiger partial charge on any atom is -0.493 e. The molecular formula is C27H37N3O3. The van der Waals surface area contributed by atoms with E-state index in [9.17, 15) is 4.79 Å². The fraction of sp³-hybridized carbons (Fsp3) is 0.407. The van der Waals surface area contributed by atoms with Crippen molar-refractivity contribution in [2.24, 2.45) is 16.6 Å². The minimum atomic E-state index is -0.279. The third kappa shape index (κ3) is 11.6. The van der Waals surface area contributed by atoms with Gasteiger partial charge in [0.2, 0.25) is 0 Å². The highest BCUT2D eigenvalue weighted by Gasteiger charge is 2.14. The Kier molecular flexibility index (Phi) is 13.5. The summed E-state index contributed by atoms with van der Waals surface area (Å²) >= 11 is 0. The molecule has 0 aliphatic heterocycles. The van der Waals surface area contributed by atoms with Crippen molar-refractivity contribution < 1.29 is 14.3 Å². The first-order chi connectivity index (χ1) is 16.0. The molecule has 0 saturated carbocycles. The average Bonchev–Trinajstić information content (AvgIpc) is 2.84. The van der Waals surface area contributed by atoms with Crippen molar-refractivity contribution in [2.75, 3.05) is 26.3 Å². The normalized spacial score (nSPS) is 10.8. The van der Waals surface area contributed by atoms with Crippen LogP contribution in [0.15, 0.2) is 59.6 Å². The summed E-state index contributed by atoms with van der Waals surface area (Å²) in [4.78, 5) is 18.3. The molecule has 1 amide bonds. The molecule has 0 saturated heterocycles. The van der Waals surface area contributed by atoms with Crippen LogP contribution in [0.1, 0.15) is 38.3 Å². The van der Waals surface area contributed by atoms with Gasteiger partial charge in [-0.15, -0.1) is 12.8 Å². The number of carbonyl (C=O) groups excluding carboxylic acids is 1. The molecule has 0 aliphatic carbocycles. The Morgan fingerprint density at radius 2 is 1.73 bits per heavy atom. The van der Waals surface area contributed by atoms with Gasteiger partial charge in [-0.25, -0.2) is 4.79 Å². The van der Waals surface area contributed by atoms with Crippen molar-refractivity contribution in [1.29, 1.82) is 0 Å². The first kappa shape index (κ1) is 27.6. The zero-order chi connectivity index (χ0) is 24.5. The predicted octanol–water partition coefficient (Wildman–Crippen LogP) is 4.92. The highest BCUT2D eigenvalue weighted by Crippen LogP contribution is 2.15. The van der Waals surface area contributed by atoms with Crippen molar-refractivity contribution >= 4 is 11.9 Å². The molecule has 33 heavy (non-hydrogen) atoms. The second-order valence-electron chi connectivity index (χ2n) is 7.84. The quantitative estimate of drug-likeness (QED) is 0.282.